The van der Waals surface area contributed by atoms with Crippen LogP contribution in [0.25, 0.3) is 0 Å². The van der Waals surface area contributed by atoms with Crippen molar-refractivity contribution in [2.75, 3.05) is 0 Å². The van der Waals surface area contributed by atoms with Crippen LogP contribution in [-0.4, -0.2) is 34.1 Å². The molecule has 0 aromatic carbocycles. The molecule has 1 heterocycles. The predicted molar refractivity (Wildman–Crippen MR) is 67.5 cm³/mol. The molecule has 0 spiro atoms. The molecule has 1 aromatic heterocycles. The number of nitrogens with zero attached hydrogens (tertiary/aromatic N) is 1. The number of hydrogen-bond donors (Lipinski definition) is 2. The molecule has 19 heavy (non-hydrogen) atoms. The lowest BCUT2D eigenvalue weighted by Crippen LogP contribution is -2.45. The lowest BCUT2D eigenvalue weighted by atomic mass is 10.2. The van der Waals surface area contributed by atoms with Gasteiger partial charge in [0, 0.05) is 12.1 Å². The van der Waals surface area contributed by atoms with Crippen LogP contribution in [0.5, 0.6) is 0 Å². The third kappa shape index (κ3) is 4.01. The van der Waals surface area contributed by atoms with Gasteiger partial charge >= 0.3 is 12.0 Å². The summed E-state index contributed by atoms with van der Waals surface area (Å²) in [6.07, 6.45) is 3.47. The second kappa shape index (κ2) is 5.77. The Bertz CT molecular complexity index is 440. The molecule has 0 radical (unpaired) electrons. The molecule has 0 bridgehead atoms. The molecule has 1 aliphatic carbocycles. The Balaban J connectivity index is 1.91. The predicted octanol–water partition coefficient (Wildman–Crippen LogP) is 1.82. The number of nitrogens with one attached hydrogen (secondary N) is 1. The standard InChI is InChI=1S/C13H18N2O4/c1-9(7-12(16)17)14-13(18)15(10-4-5-10)8-11-3-2-6-19-11/h2-3,6,9-10H,4-5,7-8H2,1H3,(H,14,18)(H,16,17). The van der Waals surface area contributed by atoms with Crippen LogP contribution in [0.2, 0.25) is 0 Å². The third-order valence-electron chi connectivity index (χ3n) is 3.01. The third-order valence-corrected chi connectivity index (χ3v) is 3.01. The van der Waals surface area contributed by atoms with Gasteiger partial charge in [0.1, 0.15) is 5.76 Å². The summed E-state index contributed by atoms with van der Waals surface area (Å²) < 4.78 is 5.25. The number of carboxylic acids is 1. The minimum absolute atomic E-state index is 0.0784. The largest absolute Gasteiger partial charge is 0.481 e. The molecule has 2 rings (SSSR count). The summed E-state index contributed by atoms with van der Waals surface area (Å²) >= 11 is 0. The zero-order valence-corrected chi connectivity index (χ0v) is 10.8. The summed E-state index contributed by atoms with van der Waals surface area (Å²) in [7, 11) is 0. The Morgan fingerprint density at radius 1 is 1.58 bits per heavy atom. The molecule has 104 valence electrons. The van der Waals surface area contributed by atoms with Crippen molar-refractivity contribution in [3.8, 4) is 0 Å². The van der Waals surface area contributed by atoms with Crippen molar-refractivity contribution < 1.29 is 19.1 Å². The number of carboxylic acid groups (broad SMARTS) is 1. The zero-order chi connectivity index (χ0) is 13.8. The Labute approximate surface area is 111 Å². The van der Waals surface area contributed by atoms with Gasteiger partial charge in [-0.2, -0.15) is 0 Å². The fourth-order valence-corrected chi connectivity index (χ4v) is 1.93. The van der Waals surface area contributed by atoms with Crippen LogP contribution >= 0.6 is 0 Å². The van der Waals surface area contributed by atoms with E-state index in [1.807, 2.05) is 6.07 Å². The molecule has 0 aliphatic heterocycles. The van der Waals surface area contributed by atoms with E-state index in [0.717, 1.165) is 18.6 Å². The van der Waals surface area contributed by atoms with Gasteiger partial charge < -0.3 is 19.7 Å². The number of urea groups is 1. The average molecular weight is 266 g/mol. The SMILES string of the molecule is CC(CC(=O)O)NC(=O)N(Cc1ccco1)C1CC1. The van der Waals surface area contributed by atoms with Gasteiger partial charge in [0.25, 0.3) is 0 Å². The molecule has 1 aliphatic rings. The van der Waals surface area contributed by atoms with Crippen molar-refractivity contribution >= 4 is 12.0 Å². The lowest BCUT2D eigenvalue weighted by Gasteiger charge is -2.23. The maximum atomic E-state index is 12.1. The number of aliphatic carboxylic acids is 1. The van der Waals surface area contributed by atoms with E-state index in [-0.39, 0.29) is 24.5 Å². The average Bonchev–Trinajstić information content (AvgIpc) is 3.02. The Morgan fingerprint density at radius 3 is 2.84 bits per heavy atom. The van der Waals surface area contributed by atoms with Crippen molar-refractivity contribution in [1.29, 1.82) is 0 Å². The molecular weight excluding hydrogens is 248 g/mol. The summed E-state index contributed by atoms with van der Waals surface area (Å²) in [6, 6.07) is 3.23. The molecule has 2 amide bonds. The fourth-order valence-electron chi connectivity index (χ4n) is 1.93. The highest BCUT2D eigenvalue weighted by molar-refractivity contribution is 5.76. The van der Waals surface area contributed by atoms with Gasteiger partial charge in [-0.05, 0) is 31.9 Å². The first-order valence-corrected chi connectivity index (χ1v) is 6.37. The Kier molecular flexibility index (Phi) is 4.09. The molecule has 1 saturated carbocycles. The first-order chi connectivity index (χ1) is 9.06. The number of carbonyl (C=O) groups is 2. The van der Waals surface area contributed by atoms with Gasteiger partial charge in [0.2, 0.25) is 0 Å². The van der Waals surface area contributed by atoms with Gasteiger partial charge in [-0.3, -0.25) is 4.79 Å². The normalized spacial score (nSPS) is 15.8. The molecule has 1 aromatic rings. The number of rotatable bonds is 6. The topological polar surface area (TPSA) is 82.8 Å². The quantitative estimate of drug-likeness (QED) is 0.822. The maximum Gasteiger partial charge on any atom is 0.318 e. The molecule has 2 N–H and O–H groups in total. The summed E-state index contributed by atoms with van der Waals surface area (Å²) in [5, 5.41) is 11.4. The van der Waals surface area contributed by atoms with Crippen LogP contribution in [0.4, 0.5) is 4.79 Å². The highest BCUT2D eigenvalue weighted by Gasteiger charge is 2.33. The van der Waals surface area contributed by atoms with E-state index < -0.39 is 5.97 Å². The van der Waals surface area contributed by atoms with E-state index in [1.54, 1.807) is 24.2 Å². The van der Waals surface area contributed by atoms with E-state index in [0.29, 0.717) is 6.54 Å². The summed E-state index contributed by atoms with van der Waals surface area (Å²) in [5.74, 6) is -0.190. The Hall–Kier alpha value is -1.98. The van der Waals surface area contributed by atoms with Gasteiger partial charge in [0.05, 0.1) is 19.2 Å². The summed E-state index contributed by atoms with van der Waals surface area (Å²) in [6.45, 7) is 2.10. The highest BCUT2D eigenvalue weighted by atomic mass is 16.4. The van der Waals surface area contributed by atoms with Crippen LogP contribution in [0, 0.1) is 0 Å². The van der Waals surface area contributed by atoms with Crippen molar-refractivity contribution in [2.24, 2.45) is 0 Å². The van der Waals surface area contributed by atoms with Gasteiger partial charge in [0.15, 0.2) is 0 Å². The Morgan fingerprint density at radius 2 is 2.32 bits per heavy atom. The summed E-state index contributed by atoms with van der Waals surface area (Å²) in [5.41, 5.74) is 0. The molecule has 6 nitrogen and oxygen atoms in total. The number of amides is 2. The number of hydrogen-bond acceptors (Lipinski definition) is 3. The van der Waals surface area contributed by atoms with Crippen LogP contribution in [0.1, 0.15) is 31.9 Å². The fraction of sp³-hybridized carbons (Fsp3) is 0.538. The van der Waals surface area contributed by atoms with Crippen LogP contribution in [-0.2, 0) is 11.3 Å². The lowest BCUT2D eigenvalue weighted by molar-refractivity contribution is -0.137. The molecule has 6 heteroatoms. The smallest absolute Gasteiger partial charge is 0.318 e. The second-order valence-corrected chi connectivity index (χ2v) is 4.89. The maximum absolute atomic E-state index is 12.1. The van der Waals surface area contributed by atoms with Gasteiger partial charge in [-0.25, -0.2) is 4.79 Å². The van der Waals surface area contributed by atoms with Gasteiger partial charge in [-0.15, -0.1) is 0 Å². The number of furan rings is 1. The molecule has 1 atom stereocenters. The van der Waals surface area contributed by atoms with E-state index in [1.165, 1.54) is 0 Å². The monoisotopic (exact) mass is 266 g/mol. The van der Waals surface area contributed by atoms with Gasteiger partial charge in [-0.1, -0.05) is 0 Å². The van der Waals surface area contributed by atoms with Crippen LogP contribution < -0.4 is 5.32 Å². The summed E-state index contributed by atoms with van der Waals surface area (Å²) in [4.78, 5) is 24.4. The molecule has 1 unspecified atom stereocenters. The van der Waals surface area contributed by atoms with E-state index in [4.69, 9.17) is 9.52 Å². The van der Waals surface area contributed by atoms with Crippen molar-refractivity contribution in [3.05, 3.63) is 24.2 Å². The van der Waals surface area contributed by atoms with E-state index in [2.05, 4.69) is 5.32 Å². The van der Waals surface area contributed by atoms with Crippen molar-refractivity contribution in [1.82, 2.24) is 10.2 Å². The zero-order valence-electron chi connectivity index (χ0n) is 10.8. The van der Waals surface area contributed by atoms with Crippen molar-refractivity contribution in [3.63, 3.8) is 0 Å². The van der Waals surface area contributed by atoms with Crippen LogP contribution in [0.3, 0.4) is 0 Å². The first kappa shape index (κ1) is 13.5. The second-order valence-electron chi connectivity index (χ2n) is 4.89. The minimum Gasteiger partial charge on any atom is -0.481 e. The van der Waals surface area contributed by atoms with Crippen LogP contribution in [0.15, 0.2) is 22.8 Å². The molecule has 1 fully saturated rings. The molecular formula is C13H18N2O4. The van der Waals surface area contributed by atoms with E-state index in [9.17, 15) is 9.59 Å². The molecule has 0 saturated heterocycles. The first-order valence-electron chi connectivity index (χ1n) is 6.37. The van der Waals surface area contributed by atoms with Crippen molar-refractivity contribution in [2.45, 2.75) is 44.8 Å². The number of carbonyl (C=O) groups excluding carboxylic acids is 1. The van der Waals surface area contributed by atoms with E-state index >= 15 is 0 Å². The highest BCUT2D eigenvalue weighted by Crippen LogP contribution is 2.28. The minimum atomic E-state index is -0.920.